The maximum absolute atomic E-state index is 6.00. The van der Waals surface area contributed by atoms with Crippen molar-refractivity contribution in [2.75, 3.05) is 18.0 Å². The highest BCUT2D eigenvalue weighted by atomic mass is 15.3. The lowest BCUT2D eigenvalue weighted by atomic mass is 10.1. The summed E-state index contributed by atoms with van der Waals surface area (Å²) in [6.07, 6.45) is 7.55. The quantitative estimate of drug-likeness (QED) is 0.880. The number of anilines is 1. The van der Waals surface area contributed by atoms with Crippen LogP contribution in [0.4, 0.5) is 5.95 Å². The molecule has 0 bridgehead atoms. The van der Waals surface area contributed by atoms with Gasteiger partial charge >= 0.3 is 0 Å². The summed E-state index contributed by atoms with van der Waals surface area (Å²) >= 11 is 0. The summed E-state index contributed by atoms with van der Waals surface area (Å²) in [7, 11) is 0. The predicted octanol–water partition coefficient (Wildman–Crippen LogP) is 1.47. The Kier molecular flexibility index (Phi) is 3.37. The van der Waals surface area contributed by atoms with Crippen LogP contribution in [0.25, 0.3) is 11.3 Å². The van der Waals surface area contributed by atoms with Gasteiger partial charge in [-0.3, -0.25) is 4.98 Å². The molecule has 5 nitrogen and oxygen atoms in total. The molecule has 0 amide bonds. The number of pyridine rings is 1. The van der Waals surface area contributed by atoms with Crippen molar-refractivity contribution in [3.05, 3.63) is 36.8 Å². The van der Waals surface area contributed by atoms with E-state index in [1.165, 1.54) is 0 Å². The van der Waals surface area contributed by atoms with Crippen LogP contribution in [0, 0.1) is 0 Å². The van der Waals surface area contributed by atoms with Crippen LogP contribution in [0.15, 0.2) is 36.8 Å². The lowest BCUT2D eigenvalue weighted by Gasteiger charge is -2.30. The largest absolute Gasteiger partial charge is 0.339 e. The fourth-order valence-corrected chi connectivity index (χ4v) is 2.37. The molecule has 1 atom stereocenters. The predicted molar refractivity (Wildman–Crippen MR) is 74.7 cm³/mol. The highest BCUT2D eigenvalue weighted by Crippen LogP contribution is 2.19. The van der Waals surface area contributed by atoms with Crippen molar-refractivity contribution in [3.63, 3.8) is 0 Å². The van der Waals surface area contributed by atoms with Gasteiger partial charge in [0.05, 0.1) is 5.69 Å². The molecule has 1 aliphatic rings. The van der Waals surface area contributed by atoms with Crippen LogP contribution >= 0.6 is 0 Å². The molecular formula is C14H17N5. The lowest BCUT2D eigenvalue weighted by Crippen LogP contribution is -2.43. The van der Waals surface area contributed by atoms with Gasteiger partial charge in [-0.05, 0) is 31.0 Å². The maximum Gasteiger partial charge on any atom is 0.225 e. The van der Waals surface area contributed by atoms with Crippen molar-refractivity contribution in [1.82, 2.24) is 15.0 Å². The zero-order valence-corrected chi connectivity index (χ0v) is 10.7. The van der Waals surface area contributed by atoms with E-state index in [1.54, 1.807) is 12.4 Å². The molecule has 1 saturated heterocycles. The van der Waals surface area contributed by atoms with E-state index in [0.717, 1.165) is 43.1 Å². The van der Waals surface area contributed by atoms with Crippen LogP contribution in [-0.4, -0.2) is 34.1 Å². The normalized spacial score (nSPS) is 19.4. The molecule has 2 N–H and O–H groups in total. The molecule has 0 aromatic carbocycles. The number of aromatic nitrogens is 3. The molecule has 1 unspecified atom stereocenters. The third-order valence-electron chi connectivity index (χ3n) is 3.34. The highest BCUT2D eigenvalue weighted by molar-refractivity contribution is 5.58. The Balaban J connectivity index is 1.88. The topological polar surface area (TPSA) is 67.9 Å². The number of hydrogen-bond donors (Lipinski definition) is 1. The van der Waals surface area contributed by atoms with Gasteiger partial charge in [0, 0.05) is 43.3 Å². The Morgan fingerprint density at radius 1 is 1.26 bits per heavy atom. The molecule has 0 aliphatic carbocycles. The van der Waals surface area contributed by atoms with Crippen LogP contribution in [0.3, 0.4) is 0 Å². The minimum absolute atomic E-state index is 0.222. The number of nitrogens with zero attached hydrogens (tertiary/aromatic N) is 4. The van der Waals surface area contributed by atoms with Gasteiger partial charge in [0.2, 0.25) is 5.95 Å². The van der Waals surface area contributed by atoms with Gasteiger partial charge in [0.15, 0.2) is 0 Å². The van der Waals surface area contributed by atoms with E-state index in [2.05, 4.69) is 19.9 Å². The summed E-state index contributed by atoms with van der Waals surface area (Å²) in [6, 6.07) is 6.04. The molecule has 98 valence electrons. The first-order valence-corrected chi connectivity index (χ1v) is 6.57. The van der Waals surface area contributed by atoms with E-state index in [0.29, 0.717) is 0 Å². The summed E-state index contributed by atoms with van der Waals surface area (Å²) in [5, 5.41) is 0. The summed E-state index contributed by atoms with van der Waals surface area (Å²) in [5.74, 6) is 0.761. The summed E-state index contributed by atoms with van der Waals surface area (Å²) in [5.41, 5.74) is 7.91. The van der Waals surface area contributed by atoms with Crippen molar-refractivity contribution >= 4 is 5.95 Å². The fourth-order valence-electron chi connectivity index (χ4n) is 2.37. The Morgan fingerprint density at radius 3 is 3.00 bits per heavy atom. The lowest BCUT2D eigenvalue weighted by molar-refractivity contribution is 0.500. The first-order chi connectivity index (χ1) is 9.33. The van der Waals surface area contributed by atoms with E-state index in [-0.39, 0.29) is 6.04 Å². The van der Waals surface area contributed by atoms with Crippen LogP contribution in [0.1, 0.15) is 12.8 Å². The first-order valence-electron chi connectivity index (χ1n) is 6.57. The average Bonchev–Trinajstić information content (AvgIpc) is 2.48. The van der Waals surface area contributed by atoms with E-state index in [9.17, 15) is 0 Å². The van der Waals surface area contributed by atoms with E-state index < -0.39 is 0 Å². The molecule has 19 heavy (non-hydrogen) atoms. The SMILES string of the molecule is NC1CCCN(c2nccc(-c3cccnc3)n2)C1. The molecular weight excluding hydrogens is 238 g/mol. The second-order valence-electron chi connectivity index (χ2n) is 4.83. The van der Waals surface area contributed by atoms with E-state index in [1.807, 2.05) is 24.4 Å². The van der Waals surface area contributed by atoms with Gasteiger partial charge in [0.25, 0.3) is 0 Å². The van der Waals surface area contributed by atoms with Crippen molar-refractivity contribution in [1.29, 1.82) is 0 Å². The van der Waals surface area contributed by atoms with Gasteiger partial charge in [-0.15, -0.1) is 0 Å². The van der Waals surface area contributed by atoms with Gasteiger partial charge in [0.1, 0.15) is 0 Å². The van der Waals surface area contributed by atoms with Gasteiger partial charge in [-0.2, -0.15) is 0 Å². The molecule has 1 aliphatic heterocycles. The molecule has 2 aromatic heterocycles. The number of nitrogens with two attached hydrogens (primary N) is 1. The summed E-state index contributed by atoms with van der Waals surface area (Å²) in [6.45, 7) is 1.81. The van der Waals surface area contributed by atoms with Crippen LogP contribution in [0.5, 0.6) is 0 Å². The first kappa shape index (κ1) is 12.0. The summed E-state index contributed by atoms with van der Waals surface area (Å²) < 4.78 is 0. The Labute approximate surface area is 112 Å². The number of hydrogen-bond acceptors (Lipinski definition) is 5. The van der Waals surface area contributed by atoms with E-state index >= 15 is 0 Å². The number of piperidine rings is 1. The Morgan fingerprint density at radius 2 is 2.21 bits per heavy atom. The van der Waals surface area contributed by atoms with Crippen molar-refractivity contribution in [3.8, 4) is 11.3 Å². The minimum atomic E-state index is 0.222. The fraction of sp³-hybridized carbons (Fsp3) is 0.357. The number of rotatable bonds is 2. The second kappa shape index (κ2) is 5.32. The molecule has 3 heterocycles. The van der Waals surface area contributed by atoms with Crippen molar-refractivity contribution < 1.29 is 0 Å². The van der Waals surface area contributed by atoms with Crippen LogP contribution in [0.2, 0.25) is 0 Å². The molecule has 0 saturated carbocycles. The third kappa shape index (κ3) is 2.71. The van der Waals surface area contributed by atoms with Crippen LogP contribution < -0.4 is 10.6 Å². The van der Waals surface area contributed by atoms with Crippen molar-refractivity contribution in [2.45, 2.75) is 18.9 Å². The molecule has 0 spiro atoms. The standard InChI is InChI=1S/C14H17N5/c15-12-4-2-8-19(10-12)14-17-7-5-13(18-14)11-3-1-6-16-9-11/h1,3,5-7,9,12H,2,4,8,10,15H2. The minimum Gasteiger partial charge on any atom is -0.339 e. The zero-order chi connectivity index (χ0) is 13.1. The monoisotopic (exact) mass is 255 g/mol. The molecule has 0 radical (unpaired) electrons. The molecule has 1 fully saturated rings. The smallest absolute Gasteiger partial charge is 0.225 e. The summed E-state index contributed by atoms with van der Waals surface area (Å²) in [4.78, 5) is 15.3. The Bertz CT molecular complexity index is 543. The second-order valence-corrected chi connectivity index (χ2v) is 4.83. The highest BCUT2D eigenvalue weighted by Gasteiger charge is 2.19. The van der Waals surface area contributed by atoms with Crippen molar-refractivity contribution in [2.24, 2.45) is 5.73 Å². The third-order valence-corrected chi connectivity index (χ3v) is 3.34. The van der Waals surface area contributed by atoms with Gasteiger partial charge in [-0.25, -0.2) is 9.97 Å². The van der Waals surface area contributed by atoms with Gasteiger partial charge in [-0.1, -0.05) is 0 Å². The molecule has 3 rings (SSSR count). The molecule has 5 heteroatoms. The zero-order valence-electron chi connectivity index (χ0n) is 10.7. The molecule has 2 aromatic rings. The van der Waals surface area contributed by atoms with Gasteiger partial charge < -0.3 is 10.6 Å². The van der Waals surface area contributed by atoms with E-state index in [4.69, 9.17) is 5.73 Å². The Hall–Kier alpha value is -2.01. The maximum atomic E-state index is 6.00. The van der Waals surface area contributed by atoms with Crippen LogP contribution in [-0.2, 0) is 0 Å². The average molecular weight is 255 g/mol.